The first-order valence-corrected chi connectivity index (χ1v) is 10.2. The molecule has 1 aliphatic heterocycles. The Balaban J connectivity index is 1.68. The Morgan fingerprint density at radius 3 is 2.62 bits per heavy atom. The van der Waals surface area contributed by atoms with Gasteiger partial charge in [0.15, 0.2) is 16.9 Å². The molecule has 0 amide bonds. The lowest BCUT2D eigenvalue weighted by atomic mass is 10.2. The number of carbonyl (C=O) groups is 1. The van der Waals surface area contributed by atoms with Crippen LogP contribution in [0.3, 0.4) is 0 Å². The SMILES string of the molecule is COC(=O)c1nc2c3c(N4CCOCC4)cccc3on2c(=O)c1OCc1ccccc1. The van der Waals surface area contributed by atoms with E-state index >= 15 is 0 Å². The van der Waals surface area contributed by atoms with Gasteiger partial charge in [0, 0.05) is 13.1 Å². The summed E-state index contributed by atoms with van der Waals surface area (Å²) in [5.74, 6) is -0.976. The van der Waals surface area contributed by atoms with Crippen molar-refractivity contribution in [2.45, 2.75) is 6.61 Å². The second-order valence-electron chi connectivity index (χ2n) is 7.32. The average Bonchev–Trinajstić information content (AvgIpc) is 3.23. The molecule has 9 nitrogen and oxygen atoms in total. The third kappa shape index (κ3) is 3.46. The number of carbonyl (C=O) groups excluding carboxylic acids is 1. The number of fused-ring (bicyclic) bond motifs is 3. The third-order valence-corrected chi connectivity index (χ3v) is 5.38. The maximum absolute atomic E-state index is 13.3. The van der Waals surface area contributed by atoms with E-state index in [1.165, 1.54) is 7.11 Å². The Kier molecular flexibility index (Phi) is 5.24. The summed E-state index contributed by atoms with van der Waals surface area (Å²) in [6, 6.07) is 14.9. The highest BCUT2D eigenvalue weighted by atomic mass is 16.5. The fourth-order valence-corrected chi connectivity index (χ4v) is 3.82. The van der Waals surface area contributed by atoms with Crippen LogP contribution in [0, 0.1) is 0 Å². The molecule has 32 heavy (non-hydrogen) atoms. The molecule has 1 aliphatic rings. The minimum Gasteiger partial charge on any atom is -0.481 e. The summed E-state index contributed by atoms with van der Waals surface area (Å²) in [4.78, 5) is 32.4. The van der Waals surface area contributed by atoms with Gasteiger partial charge in [-0.15, -0.1) is 4.57 Å². The predicted molar refractivity (Wildman–Crippen MR) is 116 cm³/mol. The first kappa shape index (κ1) is 20.1. The molecular weight excluding hydrogens is 414 g/mol. The minimum absolute atomic E-state index is 0.0904. The molecule has 0 N–H and O–H groups in total. The van der Waals surface area contributed by atoms with Gasteiger partial charge in [0.25, 0.3) is 0 Å². The Bertz CT molecular complexity index is 1340. The zero-order valence-electron chi connectivity index (χ0n) is 17.4. The van der Waals surface area contributed by atoms with Gasteiger partial charge in [-0.05, 0) is 17.7 Å². The Hall–Kier alpha value is -3.85. The molecule has 1 fully saturated rings. The van der Waals surface area contributed by atoms with Gasteiger partial charge in [0.05, 0.1) is 31.4 Å². The van der Waals surface area contributed by atoms with Crippen molar-refractivity contribution in [1.82, 2.24) is 9.56 Å². The van der Waals surface area contributed by atoms with Crippen LogP contribution in [0.5, 0.6) is 5.75 Å². The van der Waals surface area contributed by atoms with E-state index in [1.54, 1.807) is 6.07 Å². The van der Waals surface area contributed by atoms with Crippen molar-refractivity contribution in [1.29, 1.82) is 0 Å². The van der Waals surface area contributed by atoms with Crippen molar-refractivity contribution in [3.05, 3.63) is 70.1 Å². The van der Waals surface area contributed by atoms with E-state index in [0.29, 0.717) is 37.3 Å². The molecule has 9 heteroatoms. The number of morpholine rings is 1. The highest BCUT2D eigenvalue weighted by Crippen LogP contribution is 2.32. The fraction of sp³-hybridized carbons (Fsp3) is 0.261. The van der Waals surface area contributed by atoms with Crippen LogP contribution in [0.2, 0.25) is 0 Å². The normalized spacial score (nSPS) is 14.1. The van der Waals surface area contributed by atoms with Crippen molar-refractivity contribution >= 4 is 28.3 Å². The van der Waals surface area contributed by atoms with Crippen LogP contribution in [0.25, 0.3) is 16.6 Å². The number of rotatable bonds is 5. The van der Waals surface area contributed by atoms with E-state index < -0.39 is 11.5 Å². The lowest BCUT2D eigenvalue weighted by Crippen LogP contribution is -2.36. The van der Waals surface area contributed by atoms with Crippen molar-refractivity contribution in [3.8, 4) is 5.75 Å². The van der Waals surface area contributed by atoms with Gasteiger partial charge in [-0.1, -0.05) is 36.4 Å². The lowest BCUT2D eigenvalue weighted by molar-refractivity contribution is 0.0587. The van der Waals surface area contributed by atoms with Crippen LogP contribution < -0.4 is 15.2 Å². The zero-order valence-corrected chi connectivity index (χ0v) is 17.4. The van der Waals surface area contributed by atoms with E-state index in [1.807, 2.05) is 42.5 Å². The summed E-state index contributed by atoms with van der Waals surface area (Å²) in [7, 11) is 1.24. The molecule has 0 aliphatic carbocycles. The van der Waals surface area contributed by atoms with E-state index in [2.05, 4.69) is 9.88 Å². The number of benzene rings is 2. The molecule has 0 atom stereocenters. The molecule has 4 aromatic rings. The van der Waals surface area contributed by atoms with Crippen molar-refractivity contribution in [2.24, 2.45) is 0 Å². The van der Waals surface area contributed by atoms with E-state index in [4.69, 9.17) is 18.7 Å². The topological polar surface area (TPSA) is 95.5 Å². The second kappa shape index (κ2) is 8.35. The van der Waals surface area contributed by atoms with Crippen LogP contribution in [0.4, 0.5) is 5.69 Å². The van der Waals surface area contributed by atoms with Crippen LogP contribution >= 0.6 is 0 Å². The number of methoxy groups -OCH3 is 1. The maximum atomic E-state index is 13.3. The van der Waals surface area contributed by atoms with Gasteiger partial charge in [0.2, 0.25) is 5.75 Å². The van der Waals surface area contributed by atoms with E-state index in [9.17, 15) is 9.59 Å². The van der Waals surface area contributed by atoms with Crippen LogP contribution in [0.1, 0.15) is 16.1 Å². The smallest absolute Gasteiger partial charge is 0.360 e. The molecule has 5 rings (SSSR count). The largest absolute Gasteiger partial charge is 0.481 e. The summed E-state index contributed by atoms with van der Waals surface area (Å²) >= 11 is 0. The number of hydrogen-bond acceptors (Lipinski definition) is 8. The molecule has 0 radical (unpaired) electrons. The number of esters is 1. The van der Waals surface area contributed by atoms with E-state index in [0.717, 1.165) is 15.8 Å². The van der Waals surface area contributed by atoms with Crippen LogP contribution in [0.15, 0.2) is 57.8 Å². The van der Waals surface area contributed by atoms with Crippen LogP contribution in [-0.4, -0.2) is 48.9 Å². The monoisotopic (exact) mass is 435 g/mol. The molecule has 2 aromatic carbocycles. The number of ether oxygens (including phenoxy) is 3. The van der Waals surface area contributed by atoms with Gasteiger partial charge in [0.1, 0.15) is 6.61 Å². The number of hydrogen-bond donors (Lipinski definition) is 0. The molecule has 3 heterocycles. The van der Waals surface area contributed by atoms with Gasteiger partial charge in [-0.2, -0.15) is 0 Å². The average molecular weight is 435 g/mol. The highest BCUT2D eigenvalue weighted by molar-refractivity contribution is 6.02. The van der Waals surface area contributed by atoms with Crippen molar-refractivity contribution in [2.75, 3.05) is 38.3 Å². The molecule has 0 spiro atoms. The Morgan fingerprint density at radius 2 is 1.88 bits per heavy atom. The summed E-state index contributed by atoms with van der Waals surface area (Å²) in [5.41, 5.74) is 1.61. The molecular formula is C23H21N3O6. The number of nitrogens with zero attached hydrogens (tertiary/aromatic N) is 3. The van der Waals surface area contributed by atoms with Gasteiger partial charge < -0.3 is 23.6 Å². The molecule has 0 unspecified atom stereocenters. The lowest BCUT2D eigenvalue weighted by Gasteiger charge is -2.29. The molecule has 2 aromatic heterocycles. The van der Waals surface area contributed by atoms with Gasteiger partial charge >= 0.3 is 11.5 Å². The molecule has 0 bridgehead atoms. The van der Waals surface area contributed by atoms with Crippen molar-refractivity contribution in [3.63, 3.8) is 0 Å². The predicted octanol–water partition coefficient (Wildman–Crippen LogP) is 2.64. The summed E-state index contributed by atoms with van der Waals surface area (Å²) < 4.78 is 23.0. The molecule has 1 saturated heterocycles. The summed E-state index contributed by atoms with van der Waals surface area (Å²) in [5, 5.41) is 0.645. The van der Waals surface area contributed by atoms with E-state index in [-0.39, 0.29) is 23.7 Å². The second-order valence-corrected chi connectivity index (χ2v) is 7.32. The fourth-order valence-electron chi connectivity index (χ4n) is 3.82. The Labute approximate surface area is 182 Å². The first-order chi connectivity index (χ1) is 15.7. The Morgan fingerprint density at radius 1 is 1.09 bits per heavy atom. The summed E-state index contributed by atoms with van der Waals surface area (Å²) in [6.07, 6.45) is 0. The quantitative estimate of drug-likeness (QED) is 0.442. The highest BCUT2D eigenvalue weighted by Gasteiger charge is 2.26. The number of anilines is 1. The first-order valence-electron chi connectivity index (χ1n) is 10.2. The van der Waals surface area contributed by atoms with Crippen molar-refractivity contribution < 1.29 is 23.5 Å². The maximum Gasteiger partial charge on any atom is 0.360 e. The minimum atomic E-state index is -0.758. The molecule has 0 saturated carbocycles. The zero-order chi connectivity index (χ0) is 22.1. The van der Waals surface area contributed by atoms with Gasteiger partial charge in [-0.25, -0.2) is 9.78 Å². The summed E-state index contributed by atoms with van der Waals surface area (Å²) in [6.45, 7) is 2.69. The number of aromatic nitrogens is 2. The van der Waals surface area contributed by atoms with Gasteiger partial charge in [-0.3, -0.25) is 4.79 Å². The third-order valence-electron chi connectivity index (χ3n) is 5.38. The van der Waals surface area contributed by atoms with Crippen LogP contribution in [-0.2, 0) is 16.1 Å². The standard InChI is InChI=1S/C23H21N3O6/c1-29-23(28)19-20(31-14-15-6-3-2-4-7-15)22(27)26-21(24-19)18-16(8-5-9-17(18)32-26)25-10-12-30-13-11-25/h2-9H,10-14H2,1H3. The molecule has 164 valence electrons.